The Bertz CT molecular complexity index is 2350. The summed E-state index contributed by atoms with van der Waals surface area (Å²) < 4.78 is 105. The van der Waals surface area contributed by atoms with Gasteiger partial charge in [0, 0.05) is 10.8 Å². The zero-order valence-corrected chi connectivity index (χ0v) is 33.0. The third-order valence-corrected chi connectivity index (χ3v) is 12.1. The minimum absolute atomic E-state index is 0.00607. The Morgan fingerprint density at radius 3 is 1.58 bits per heavy atom. The highest BCUT2D eigenvalue weighted by Crippen LogP contribution is 2.48. The maximum atomic E-state index is 12.6. The summed E-state index contributed by atoms with van der Waals surface area (Å²) in [4.78, 5) is -0.240. The number of aromatic hydroxyl groups is 1. The number of nitrogens with one attached hydrogen (secondary N) is 1. The SMILES string of the molecule is O=S(=O)(O)CNc1ccc2c(O)c(N=Nc3ccc(S(=O)(=O)CCOSOOO)cc3)c(SOOO)cc2c1N=Nc1ccc(S(=O)(=O)CCOSOOO)cc1. The van der Waals surface area contributed by atoms with Crippen molar-refractivity contribution in [3.05, 3.63) is 66.7 Å². The molecule has 310 valence electrons. The molecule has 0 radical (unpaired) electrons. The van der Waals surface area contributed by atoms with Crippen molar-refractivity contribution >= 4 is 106 Å². The van der Waals surface area contributed by atoms with Crippen LogP contribution < -0.4 is 5.32 Å². The Labute approximate surface area is 334 Å². The van der Waals surface area contributed by atoms with Crippen molar-refractivity contribution in [1.82, 2.24) is 0 Å². The van der Waals surface area contributed by atoms with Crippen molar-refractivity contribution in [2.75, 3.05) is 35.9 Å². The van der Waals surface area contributed by atoms with Gasteiger partial charge in [0.1, 0.15) is 17.3 Å². The summed E-state index contributed by atoms with van der Waals surface area (Å²) in [5, 5.41) is 65.9. The number of hydrogen-bond donors (Lipinski definition) is 6. The standard InChI is InChI=1S/C27H27N5O19S6/c33-27-21-9-10-23(28-16-57(41,42)43)25(31-29-17-1-5-19(6-2-17)55(37,38)13-11-44-53-50-47-35)22(21)15-24(52-49-46-34)26(27)32-30-18-3-7-20(8-4-18)56(39,40)14-12-45-54-51-48-36/h1-10,15,28,33-36H,11-14,16H2,(H,41,42,43). The lowest BCUT2D eigenvalue weighted by Gasteiger charge is -2.14. The first-order valence-electron chi connectivity index (χ1n) is 14.9. The number of benzene rings is 4. The van der Waals surface area contributed by atoms with E-state index in [9.17, 15) is 34.9 Å². The van der Waals surface area contributed by atoms with E-state index in [1.165, 1.54) is 66.7 Å². The van der Waals surface area contributed by atoms with Crippen LogP contribution in [0.4, 0.5) is 28.4 Å². The molecule has 0 atom stereocenters. The van der Waals surface area contributed by atoms with E-state index >= 15 is 0 Å². The molecule has 0 aromatic heterocycles. The summed E-state index contributed by atoms with van der Waals surface area (Å²) in [7, 11) is -12.2. The van der Waals surface area contributed by atoms with Crippen LogP contribution in [0.2, 0.25) is 0 Å². The van der Waals surface area contributed by atoms with Crippen molar-refractivity contribution in [1.29, 1.82) is 0 Å². The minimum Gasteiger partial charge on any atom is -0.505 e. The monoisotopic (exact) mass is 917 g/mol. The van der Waals surface area contributed by atoms with Gasteiger partial charge in [-0.3, -0.25) is 12.9 Å². The van der Waals surface area contributed by atoms with Gasteiger partial charge in [-0.2, -0.15) is 18.6 Å². The number of hydrogen-bond acceptors (Lipinski definition) is 26. The Morgan fingerprint density at radius 2 is 1.11 bits per heavy atom. The summed E-state index contributed by atoms with van der Waals surface area (Å²) in [5.74, 6) is -2.40. The first-order chi connectivity index (χ1) is 27.2. The fourth-order valence-electron chi connectivity index (χ4n) is 4.35. The highest BCUT2D eigenvalue weighted by molar-refractivity contribution is 7.94. The molecule has 30 heteroatoms. The van der Waals surface area contributed by atoms with Crippen LogP contribution in [0.15, 0.2) is 102 Å². The molecular formula is C27H27N5O19S6. The molecule has 24 nitrogen and oxygen atoms in total. The average Bonchev–Trinajstić information content (AvgIpc) is 3.18. The molecule has 6 N–H and O–H groups in total. The van der Waals surface area contributed by atoms with Crippen molar-refractivity contribution in [3.63, 3.8) is 0 Å². The highest BCUT2D eigenvalue weighted by Gasteiger charge is 2.21. The quantitative estimate of drug-likeness (QED) is 0.0107. The van der Waals surface area contributed by atoms with Gasteiger partial charge in [-0.05, 0) is 66.7 Å². The van der Waals surface area contributed by atoms with Crippen molar-refractivity contribution in [2.24, 2.45) is 20.5 Å². The van der Waals surface area contributed by atoms with Gasteiger partial charge in [0.2, 0.25) is 0 Å². The topological polar surface area (TPSA) is 339 Å². The first kappa shape index (κ1) is 46.1. The summed E-state index contributed by atoms with van der Waals surface area (Å²) in [6.45, 7) is -0.625. The Kier molecular flexibility index (Phi) is 17.7. The van der Waals surface area contributed by atoms with Crippen LogP contribution >= 0.6 is 36.7 Å². The van der Waals surface area contributed by atoms with Crippen LogP contribution in [0.25, 0.3) is 10.8 Å². The first-order valence-corrected chi connectivity index (χ1v) is 21.9. The number of phenols is 1. The van der Waals surface area contributed by atoms with Crippen LogP contribution in [-0.4, -0.2) is 81.3 Å². The minimum atomic E-state index is -4.55. The molecule has 0 heterocycles. The Morgan fingerprint density at radius 1 is 0.614 bits per heavy atom. The molecule has 0 amide bonds. The largest absolute Gasteiger partial charge is 0.505 e. The van der Waals surface area contributed by atoms with Crippen molar-refractivity contribution in [3.8, 4) is 5.75 Å². The lowest BCUT2D eigenvalue weighted by molar-refractivity contribution is -0.434. The van der Waals surface area contributed by atoms with Crippen LogP contribution in [0.1, 0.15) is 0 Å². The summed E-state index contributed by atoms with van der Waals surface area (Å²) in [6.07, 6.45) is 0. The second kappa shape index (κ2) is 21.9. The van der Waals surface area contributed by atoms with Gasteiger partial charge < -0.3 is 10.4 Å². The molecule has 0 bridgehead atoms. The molecule has 0 aliphatic carbocycles. The van der Waals surface area contributed by atoms with E-state index in [1.807, 2.05) is 0 Å². The van der Waals surface area contributed by atoms with Gasteiger partial charge >= 0.3 is 0 Å². The summed E-state index contributed by atoms with van der Waals surface area (Å²) >= 11 is 0.800. The molecule has 0 aliphatic heterocycles. The second-order valence-corrected chi connectivity index (χ2v) is 17.8. The van der Waals surface area contributed by atoms with Gasteiger partial charge in [0.25, 0.3) is 10.1 Å². The molecule has 4 aromatic carbocycles. The number of phenolic OH excluding ortho intramolecular Hbond substituents is 1. The van der Waals surface area contributed by atoms with Gasteiger partial charge in [-0.15, -0.1) is 23.2 Å². The van der Waals surface area contributed by atoms with Gasteiger partial charge in [-0.1, -0.05) is 15.1 Å². The normalized spacial score (nSPS) is 12.6. The maximum absolute atomic E-state index is 12.6. The lowest BCUT2D eigenvalue weighted by Crippen LogP contribution is -2.13. The van der Waals surface area contributed by atoms with Crippen LogP contribution in [0.5, 0.6) is 5.75 Å². The van der Waals surface area contributed by atoms with Crippen LogP contribution in [0.3, 0.4) is 0 Å². The zero-order valence-electron chi connectivity index (χ0n) is 28.1. The van der Waals surface area contributed by atoms with E-state index in [4.69, 9.17) is 24.1 Å². The molecule has 0 unspecified atom stereocenters. The van der Waals surface area contributed by atoms with E-state index in [1.54, 1.807) is 0 Å². The molecule has 0 fully saturated rings. The number of nitrogens with zero attached hydrogens (tertiary/aromatic N) is 4. The van der Waals surface area contributed by atoms with Gasteiger partial charge in [-0.25, -0.2) is 32.6 Å². The maximum Gasteiger partial charge on any atom is 0.283 e. The van der Waals surface area contributed by atoms with E-state index in [0.717, 1.165) is 0 Å². The molecule has 0 aliphatic rings. The fraction of sp³-hybridized carbons (Fsp3) is 0.185. The number of anilines is 1. The van der Waals surface area contributed by atoms with Gasteiger partial charge in [0.05, 0.1) is 68.5 Å². The smallest absolute Gasteiger partial charge is 0.283 e. The number of sulfone groups is 2. The number of fused-ring (bicyclic) bond motifs is 1. The predicted molar refractivity (Wildman–Crippen MR) is 198 cm³/mol. The fourth-order valence-corrected chi connectivity index (χ4v) is 7.99. The van der Waals surface area contributed by atoms with Crippen LogP contribution in [0, 0.1) is 0 Å². The van der Waals surface area contributed by atoms with E-state index < -0.39 is 52.9 Å². The Balaban J connectivity index is 1.68. The number of azo groups is 2. The zero-order chi connectivity index (χ0) is 41.5. The van der Waals surface area contributed by atoms with Gasteiger partial charge in [0.15, 0.2) is 50.1 Å². The molecule has 4 rings (SSSR count). The molecule has 0 spiro atoms. The molecule has 4 aromatic rings. The highest BCUT2D eigenvalue weighted by atomic mass is 32.2. The second-order valence-electron chi connectivity index (χ2n) is 10.3. The average molecular weight is 918 g/mol. The third kappa shape index (κ3) is 14.0. The predicted octanol–water partition coefficient (Wildman–Crippen LogP) is 6.61. The summed E-state index contributed by atoms with van der Waals surface area (Å²) in [6, 6.07) is 14.2. The molecule has 0 saturated heterocycles. The molecule has 57 heavy (non-hydrogen) atoms. The third-order valence-electron chi connectivity index (χ3n) is 6.81. The van der Waals surface area contributed by atoms with E-state index in [-0.39, 0.29) is 91.8 Å². The van der Waals surface area contributed by atoms with Crippen molar-refractivity contribution < 1.29 is 87.2 Å². The molecular weight excluding hydrogens is 891 g/mol. The Hall–Kier alpha value is -3.64. The molecule has 0 saturated carbocycles. The van der Waals surface area contributed by atoms with Crippen LogP contribution in [-0.2, 0) is 66.3 Å². The number of rotatable bonds is 24. The van der Waals surface area contributed by atoms with E-state index in [0.29, 0.717) is 12.0 Å². The van der Waals surface area contributed by atoms with Crippen molar-refractivity contribution in [2.45, 2.75) is 14.7 Å². The summed E-state index contributed by atoms with van der Waals surface area (Å²) in [5.41, 5.74) is -0.0773. The van der Waals surface area contributed by atoms with E-state index in [2.05, 4.69) is 53.9 Å². The lowest BCUT2D eigenvalue weighted by atomic mass is 10.1.